The molecule has 2 aliphatic rings. The summed E-state index contributed by atoms with van der Waals surface area (Å²) >= 11 is 0. The number of hydrogen-bond acceptors (Lipinski definition) is 3. The number of benzene rings is 1. The van der Waals surface area contributed by atoms with Crippen LogP contribution in [-0.2, 0) is 10.0 Å². The first-order chi connectivity index (χ1) is 13.2. The molecule has 1 aliphatic carbocycles. The summed E-state index contributed by atoms with van der Waals surface area (Å²) in [6, 6.07) is 6.66. The predicted molar refractivity (Wildman–Crippen MR) is 112 cm³/mol. The number of nitrogens with zero attached hydrogens (tertiary/aromatic N) is 1. The highest BCUT2D eigenvalue weighted by Crippen LogP contribution is 2.30. The topological polar surface area (TPSA) is 66.5 Å². The van der Waals surface area contributed by atoms with E-state index < -0.39 is 10.0 Å². The molecule has 5 atom stereocenters. The van der Waals surface area contributed by atoms with E-state index in [1.165, 1.54) is 12.5 Å². The first-order valence-electron chi connectivity index (χ1n) is 10.6. The third-order valence-corrected chi connectivity index (χ3v) is 8.42. The number of amides is 1. The van der Waals surface area contributed by atoms with Crippen LogP contribution in [-0.4, -0.2) is 37.8 Å². The van der Waals surface area contributed by atoms with Crippen molar-refractivity contribution in [3.63, 3.8) is 0 Å². The molecule has 1 amide bonds. The maximum absolute atomic E-state index is 13.1. The number of nitrogens with one attached hydrogen (secondary N) is 1. The molecule has 1 saturated carbocycles. The number of sulfonamides is 1. The van der Waals surface area contributed by atoms with Crippen molar-refractivity contribution >= 4 is 15.9 Å². The molecule has 2 fully saturated rings. The van der Waals surface area contributed by atoms with Crippen molar-refractivity contribution in [2.75, 3.05) is 13.1 Å². The summed E-state index contributed by atoms with van der Waals surface area (Å²) in [5.41, 5.74) is 0.421. The third-order valence-electron chi connectivity index (χ3n) is 6.59. The van der Waals surface area contributed by atoms with Crippen molar-refractivity contribution in [3.05, 3.63) is 29.8 Å². The fourth-order valence-electron chi connectivity index (χ4n) is 4.79. The Morgan fingerprint density at radius 3 is 2.43 bits per heavy atom. The van der Waals surface area contributed by atoms with Gasteiger partial charge in [-0.3, -0.25) is 4.79 Å². The summed E-state index contributed by atoms with van der Waals surface area (Å²) in [5, 5.41) is 3.14. The first-order valence-corrected chi connectivity index (χ1v) is 12.0. The van der Waals surface area contributed by atoms with E-state index in [9.17, 15) is 13.2 Å². The van der Waals surface area contributed by atoms with E-state index in [4.69, 9.17) is 0 Å². The van der Waals surface area contributed by atoms with Gasteiger partial charge in [0.25, 0.3) is 5.91 Å². The van der Waals surface area contributed by atoms with E-state index in [1.807, 2.05) is 0 Å². The molecule has 1 aliphatic heterocycles. The highest BCUT2D eigenvalue weighted by molar-refractivity contribution is 7.89. The minimum atomic E-state index is -3.58. The summed E-state index contributed by atoms with van der Waals surface area (Å²) in [6.45, 7) is 9.69. The summed E-state index contributed by atoms with van der Waals surface area (Å²) < 4.78 is 27.8. The molecule has 6 heteroatoms. The molecule has 156 valence electrons. The molecule has 0 bridgehead atoms. The smallest absolute Gasteiger partial charge is 0.251 e. The van der Waals surface area contributed by atoms with Gasteiger partial charge in [0.2, 0.25) is 10.0 Å². The van der Waals surface area contributed by atoms with Gasteiger partial charge >= 0.3 is 0 Å². The average Bonchev–Trinajstić information content (AvgIpc) is 2.64. The van der Waals surface area contributed by atoms with Crippen LogP contribution in [0.5, 0.6) is 0 Å². The Morgan fingerprint density at radius 2 is 1.75 bits per heavy atom. The molecule has 0 radical (unpaired) electrons. The summed E-state index contributed by atoms with van der Waals surface area (Å²) in [5.74, 6) is 1.54. The van der Waals surface area contributed by atoms with Crippen molar-refractivity contribution in [2.24, 2.45) is 23.7 Å². The Kier molecular flexibility index (Phi) is 6.50. The molecule has 1 saturated heterocycles. The molecular weight excluding hydrogens is 372 g/mol. The standard InChI is InChI=1S/C22H34N2O3S/c1-15-11-16(2)14-24(13-15)28(26,27)20-9-6-8-19(12-20)22(25)23-21-10-5-7-17(3)18(21)4/h6,8-9,12,15-18,21H,5,7,10-11,13-14H2,1-4H3,(H,23,25)/t15-,16+,17-,18-,21+/m0/s1. The van der Waals surface area contributed by atoms with Gasteiger partial charge in [-0.1, -0.05) is 46.6 Å². The highest BCUT2D eigenvalue weighted by atomic mass is 32.2. The Hall–Kier alpha value is -1.40. The van der Waals surface area contributed by atoms with Crippen molar-refractivity contribution in [1.29, 1.82) is 0 Å². The highest BCUT2D eigenvalue weighted by Gasteiger charge is 2.32. The monoisotopic (exact) mass is 406 g/mol. The first kappa shape index (κ1) is 21.3. The Morgan fingerprint density at radius 1 is 1.07 bits per heavy atom. The zero-order valence-corrected chi connectivity index (χ0v) is 18.3. The Balaban J connectivity index is 1.77. The lowest BCUT2D eigenvalue weighted by Crippen LogP contribution is -2.44. The zero-order chi connectivity index (χ0) is 20.5. The van der Waals surface area contributed by atoms with E-state index in [2.05, 4.69) is 33.0 Å². The van der Waals surface area contributed by atoms with Crippen molar-refractivity contribution in [2.45, 2.75) is 64.3 Å². The van der Waals surface area contributed by atoms with Crippen LogP contribution in [0.15, 0.2) is 29.2 Å². The Labute approximate surface area is 169 Å². The van der Waals surface area contributed by atoms with Gasteiger partial charge in [0, 0.05) is 24.7 Å². The SMILES string of the molecule is C[C@@H]1C[C@H](C)CN(S(=O)(=O)c2cccc(C(=O)N[C@@H]3CCC[C@H](C)[C@@H]3C)c2)C1. The third kappa shape index (κ3) is 4.60. The number of carbonyl (C=O) groups is 1. The van der Waals surface area contributed by atoms with Crippen LogP contribution in [0.3, 0.4) is 0 Å². The quantitative estimate of drug-likeness (QED) is 0.824. The molecule has 1 aromatic rings. The van der Waals surface area contributed by atoms with Crippen LogP contribution in [0, 0.1) is 23.7 Å². The van der Waals surface area contributed by atoms with Gasteiger partial charge in [-0.05, 0) is 54.7 Å². The van der Waals surface area contributed by atoms with Gasteiger partial charge in [0.05, 0.1) is 4.90 Å². The second-order valence-electron chi connectivity index (χ2n) is 9.14. The summed E-state index contributed by atoms with van der Waals surface area (Å²) in [4.78, 5) is 13.0. The lowest BCUT2D eigenvalue weighted by molar-refractivity contribution is 0.0891. The van der Waals surface area contributed by atoms with E-state index in [0.29, 0.717) is 42.3 Å². The van der Waals surface area contributed by atoms with Gasteiger partial charge in [-0.2, -0.15) is 4.31 Å². The van der Waals surface area contributed by atoms with Gasteiger partial charge in [-0.25, -0.2) is 8.42 Å². The molecule has 28 heavy (non-hydrogen) atoms. The number of hydrogen-bond donors (Lipinski definition) is 1. The summed E-state index contributed by atoms with van der Waals surface area (Å²) in [6.07, 6.45) is 4.36. The van der Waals surface area contributed by atoms with Crippen molar-refractivity contribution in [1.82, 2.24) is 9.62 Å². The molecule has 0 spiro atoms. The number of piperidine rings is 1. The number of rotatable bonds is 4. The molecule has 1 N–H and O–H groups in total. The molecule has 0 aromatic heterocycles. The molecule has 1 heterocycles. The predicted octanol–water partition coefficient (Wildman–Crippen LogP) is 3.91. The Bertz CT molecular complexity index is 798. The van der Waals surface area contributed by atoms with Crippen molar-refractivity contribution < 1.29 is 13.2 Å². The van der Waals surface area contributed by atoms with Crippen LogP contribution >= 0.6 is 0 Å². The van der Waals surface area contributed by atoms with Crippen molar-refractivity contribution in [3.8, 4) is 0 Å². The van der Waals surface area contributed by atoms with Crippen LogP contribution in [0.25, 0.3) is 0 Å². The largest absolute Gasteiger partial charge is 0.349 e. The molecule has 5 nitrogen and oxygen atoms in total. The van der Waals surface area contributed by atoms with Crippen LogP contribution in [0.4, 0.5) is 0 Å². The second-order valence-corrected chi connectivity index (χ2v) is 11.1. The van der Waals surface area contributed by atoms with Gasteiger partial charge in [0.1, 0.15) is 0 Å². The van der Waals surface area contributed by atoms with Crippen LogP contribution in [0.1, 0.15) is 63.7 Å². The van der Waals surface area contributed by atoms with Crippen LogP contribution < -0.4 is 5.32 Å². The maximum atomic E-state index is 13.1. The minimum absolute atomic E-state index is 0.153. The average molecular weight is 407 g/mol. The molecule has 1 aromatic carbocycles. The van der Waals surface area contributed by atoms with Gasteiger partial charge in [-0.15, -0.1) is 0 Å². The lowest BCUT2D eigenvalue weighted by atomic mass is 9.78. The second kappa shape index (κ2) is 8.54. The minimum Gasteiger partial charge on any atom is -0.349 e. The van der Waals surface area contributed by atoms with Gasteiger partial charge in [0.15, 0.2) is 0 Å². The number of carbonyl (C=O) groups excluding carboxylic acids is 1. The van der Waals surface area contributed by atoms with E-state index >= 15 is 0 Å². The lowest BCUT2D eigenvalue weighted by Gasteiger charge is -2.35. The zero-order valence-electron chi connectivity index (χ0n) is 17.5. The molecule has 0 unspecified atom stereocenters. The fourth-order valence-corrected chi connectivity index (χ4v) is 6.51. The van der Waals surface area contributed by atoms with E-state index in [1.54, 1.807) is 22.5 Å². The van der Waals surface area contributed by atoms with Gasteiger partial charge < -0.3 is 5.32 Å². The normalized spacial score (nSPS) is 32.1. The summed E-state index contributed by atoms with van der Waals surface area (Å²) in [7, 11) is -3.58. The van der Waals surface area contributed by atoms with E-state index in [-0.39, 0.29) is 16.8 Å². The van der Waals surface area contributed by atoms with E-state index in [0.717, 1.165) is 19.3 Å². The fraction of sp³-hybridized carbons (Fsp3) is 0.682. The molecule has 3 rings (SSSR count). The molecular formula is C22H34N2O3S. The maximum Gasteiger partial charge on any atom is 0.251 e. The van der Waals surface area contributed by atoms with Crippen LogP contribution in [0.2, 0.25) is 0 Å².